The molecule has 0 saturated carbocycles. The minimum atomic E-state index is -0.691. The monoisotopic (exact) mass is 348 g/mol. The van der Waals surface area contributed by atoms with Gasteiger partial charge in [0.25, 0.3) is 5.69 Å². The number of carbonyl (C=O) groups excluding carboxylic acids is 1. The standard InChI is InChI=1S/C12H14BrFN2O4/c1-15(5-3-4-12(17)20-2)10-6-8(13)9(14)7-11(10)16(18)19/h6-7H,3-5H2,1-2H3. The summed E-state index contributed by atoms with van der Waals surface area (Å²) in [7, 11) is 2.94. The van der Waals surface area contributed by atoms with Gasteiger partial charge in [0.2, 0.25) is 0 Å². The molecule has 0 aliphatic carbocycles. The number of nitrogens with zero attached hydrogens (tertiary/aromatic N) is 2. The number of methoxy groups -OCH3 is 1. The zero-order valence-electron chi connectivity index (χ0n) is 11.1. The first-order valence-corrected chi connectivity index (χ1v) is 6.57. The number of halogens is 2. The highest BCUT2D eigenvalue weighted by atomic mass is 79.9. The summed E-state index contributed by atoms with van der Waals surface area (Å²) in [4.78, 5) is 22.9. The molecular formula is C12H14BrFN2O4. The number of hydrogen-bond acceptors (Lipinski definition) is 5. The smallest absolute Gasteiger partial charge is 0.305 e. The molecule has 0 heterocycles. The number of anilines is 1. The number of nitro benzene ring substituents is 1. The molecule has 0 saturated heterocycles. The molecule has 0 aliphatic rings. The Labute approximate surface area is 123 Å². The quantitative estimate of drug-likeness (QED) is 0.449. The van der Waals surface area contributed by atoms with Gasteiger partial charge in [0, 0.05) is 20.0 Å². The van der Waals surface area contributed by atoms with Gasteiger partial charge in [-0.3, -0.25) is 14.9 Å². The van der Waals surface area contributed by atoms with Crippen LogP contribution in [0.5, 0.6) is 0 Å². The minimum absolute atomic E-state index is 0.151. The largest absolute Gasteiger partial charge is 0.469 e. The number of esters is 1. The molecule has 0 aromatic heterocycles. The summed E-state index contributed by atoms with van der Waals surface area (Å²) in [5, 5.41) is 10.9. The Hall–Kier alpha value is -1.70. The van der Waals surface area contributed by atoms with Crippen molar-refractivity contribution in [1.82, 2.24) is 0 Å². The van der Waals surface area contributed by atoms with Crippen molar-refractivity contribution in [1.29, 1.82) is 0 Å². The third-order valence-corrected chi connectivity index (χ3v) is 3.34. The first kappa shape index (κ1) is 16.4. The van der Waals surface area contributed by atoms with Gasteiger partial charge in [-0.1, -0.05) is 0 Å². The van der Waals surface area contributed by atoms with Crippen LogP contribution in [0.1, 0.15) is 12.8 Å². The summed E-state index contributed by atoms with van der Waals surface area (Å²) in [5.41, 5.74) is -0.0283. The fraction of sp³-hybridized carbons (Fsp3) is 0.417. The lowest BCUT2D eigenvalue weighted by molar-refractivity contribution is -0.384. The van der Waals surface area contributed by atoms with E-state index in [9.17, 15) is 19.3 Å². The zero-order valence-corrected chi connectivity index (χ0v) is 12.6. The number of rotatable bonds is 6. The van der Waals surface area contributed by atoms with E-state index in [1.54, 1.807) is 11.9 Å². The minimum Gasteiger partial charge on any atom is -0.469 e. The number of ether oxygens (including phenoxy) is 1. The Morgan fingerprint density at radius 3 is 2.75 bits per heavy atom. The van der Waals surface area contributed by atoms with Gasteiger partial charge in [0.05, 0.1) is 22.6 Å². The second-order valence-electron chi connectivity index (χ2n) is 4.11. The Kier molecular flexibility index (Phi) is 5.87. The van der Waals surface area contributed by atoms with E-state index in [0.29, 0.717) is 13.0 Å². The maximum Gasteiger partial charge on any atom is 0.305 e. The molecule has 0 N–H and O–H groups in total. The van der Waals surface area contributed by atoms with Gasteiger partial charge < -0.3 is 9.64 Å². The second kappa shape index (κ2) is 7.18. The van der Waals surface area contributed by atoms with E-state index in [0.717, 1.165) is 6.07 Å². The number of benzene rings is 1. The molecule has 0 aliphatic heterocycles. The van der Waals surface area contributed by atoms with Crippen LogP contribution in [0.25, 0.3) is 0 Å². The SMILES string of the molecule is COC(=O)CCCN(C)c1cc(Br)c(F)cc1[N+](=O)[O-]. The molecule has 1 aromatic carbocycles. The molecule has 0 bridgehead atoms. The van der Waals surface area contributed by atoms with Crippen LogP contribution in [0.2, 0.25) is 0 Å². The highest BCUT2D eigenvalue weighted by Crippen LogP contribution is 2.32. The Balaban J connectivity index is 2.86. The van der Waals surface area contributed by atoms with Crippen LogP contribution in [-0.2, 0) is 9.53 Å². The van der Waals surface area contributed by atoms with Gasteiger partial charge in [-0.2, -0.15) is 0 Å². The van der Waals surface area contributed by atoms with E-state index in [1.807, 2.05) is 0 Å². The van der Waals surface area contributed by atoms with Gasteiger partial charge >= 0.3 is 5.97 Å². The molecule has 0 radical (unpaired) electrons. The molecule has 0 spiro atoms. The van der Waals surface area contributed by atoms with Crippen molar-refractivity contribution in [3.63, 3.8) is 0 Å². The van der Waals surface area contributed by atoms with Gasteiger partial charge in [-0.15, -0.1) is 0 Å². The molecule has 0 atom stereocenters. The topological polar surface area (TPSA) is 72.7 Å². The molecule has 1 aromatic rings. The zero-order chi connectivity index (χ0) is 15.3. The molecule has 20 heavy (non-hydrogen) atoms. The summed E-state index contributed by atoms with van der Waals surface area (Å²) in [5.74, 6) is -1.03. The highest BCUT2D eigenvalue weighted by Gasteiger charge is 2.20. The molecule has 0 fully saturated rings. The molecule has 0 unspecified atom stereocenters. The fourth-order valence-electron chi connectivity index (χ4n) is 1.66. The first-order chi connectivity index (χ1) is 9.36. The van der Waals surface area contributed by atoms with E-state index in [4.69, 9.17) is 0 Å². The van der Waals surface area contributed by atoms with Crippen molar-refractivity contribution < 1.29 is 18.8 Å². The Morgan fingerprint density at radius 2 is 2.20 bits per heavy atom. The van der Waals surface area contributed by atoms with Crippen molar-refractivity contribution in [3.8, 4) is 0 Å². The Bertz CT molecular complexity index is 524. The summed E-state index contributed by atoms with van der Waals surface area (Å²) >= 11 is 3.00. The summed E-state index contributed by atoms with van der Waals surface area (Å²) in [6.07, 6.45) is 0.701. The van der Waals surface area contributed by atoms with E-state index in [1.165, 1.54) is 13.2 Å². The van der Waals surface area contributed by atoms with Crippen molar-refractivity contribution >= 4 is 33.3 Å². The summed E-state index contributed by atoms with van der Waals surface area (Å²) in [6, 6.07) is 2.22. The van der Waals surface area contributed by atoms with Gasteiger partial charge in [-0.05, 0) is 28.4 Å². The lowest BCUT2D eigenvalue weighted by atomic mass is 10.2. The van der Waals surface area contributed by atoms with E-state index in [2.05, 4.69) is 20.7 Å². The fourth-order valence-corrected chi connectivity index (χ4v) is 1.99. The van der Waals surface area contributed by atoms with Crippen LogP contribution in [0.15, 0.2) is 16.6 Å². The van der Waals surface area contributed by atoms with Gasteiger partial charge in [0.1, 0.15) is 11.5 Å². The molecule has 0 amide bonds. The van der Waals surface area contributed by atoms with Gasteiger partial charge in [0.15, 0.2) is 0 Å². The van der Waals surface area contributed by atoms with Crippen LogP contribution >= 0.6 is 15.9 Å². The van der Waals surface area contributed by atoms with Gasteiger partial charge in [-0.25, -0.2) is 4.39 Å². The van der Waals surface area contributed by atoms with Crippen molar-refractivity contribution in [2.24, 2.45) is 0 Å². The van der Waals surface area contributed by atoms with E-state index >= 15 is 0 Å². The normalized spacial score (nSPS) is 10.2. The van der Waals surface area contributed by atoms with Crippen LogP contribution < -0.4 is 4.90 Å². The van der Waals surface area contributed by atoms with Crippen molar-refractivity contribution in [3.05, 3.63) is 32.5 Å². The first-order valence-electron chi connectivity index (χ1n) is 5.78. The molecule has 1 rings (SSSR count). The summed E-state index contributed by atoms with van der Waals surface area (Å²) < 4.78 is 18.0. The maximum atomic E-state index is 13.4. The lowest BCUT2D eigenvalue weighted by Crippen LogP contribution is -2.20. The Morgan fingerprint density at radius 1 is 1.55 bits per heavy atom. The van der Waals surface area contributed by atoms with Crippen molar-refractivity contribution in [2.45, 2.75) is 12.8 Å². The number of carbonyl (C=O) groups is 1. The van der Waals surface area contributed by atoms with E-state index in [-0.39, 0.29) is 28.2 Å². The number of nitro groups is 1. The average Bonchev–Trinajstić information content (AvgIpc) is 2.40. The third kappa shape index (κ3) is 4.16. The second-order valence-corrected chi connectivity index (χ2v) is 4.97. The van der Waals surface area contributed by atoms with Crippen LogP contribution in [-0.4, -0.2) is 31.6 Å². The number of hydrogen-bond donors (Lipinski definition) is 0. The molecular weight excluding hydrogens is 335 g/mol. The summed E-state index contributed by atoms with van der Waals surface area (Å²) in [6.45, 7) is 0.411. The van der Waals surface area contributed by atoms with Crippen LogP contribution in [0, 0.1) is 15.9 Å². The predicted molar refractivity (Wildman–Crippen MR) is 75.3 cm³/mol. The van der Waals surface area contributed by atoms with Crippen molar-refractivity contribution in [2.75, 3.05) is 25.6 Å². The van der Waals surface area contributed by atoms with Crippen LogP contribution in [0.3, 0.4) is 0 Å². The highest BCUT2D eigenvalue weighted by molar-refractivity contribution is 9.10. The maximum absolute atomic E-state index is 13.4. The van der Waals surface area contributed by atoms with Crippen LogP contribution in [0.4, 0.5) is 15.8 Å². The molecule has 110 valence electrons. The predicted octanol–water partition coefficient (Wildman–Crippen LogP) is 2.89. The third-order valence-electron chi connectivity index (χ3n) is 2.73. The molecule has 8 heteroatoms. The molecule has 6 nitrogen and oxygen atoms in total. The lowest BCUT2D eigenvalue weighted by Gasteiger charge is -2.19. The average molecular weight is 349 g/mol. The van der Waals surface area contributed by atoms with E-state index < -0.39 is 10.7 Å².